The molecule has 1 fully saturated rings. The second-order valence-corrected chi connectivity index (χ2v) is 7.66. The average molecular weight is 437 g/mol. The van der Waals surface area contributed by atoms with Crippen molar-refractivity contribution in [2.24, 2.45) is 0 Å². The van der Waals surface area contributed by atoms with Crippen molar-refractivity contribution in [3.8, 4) is 0 Å². The Bertz CT molecular complexity index is 794. The third-order valence-electron chi connectivity index (χ3n) is 4.33. The molecule has 1 aromatic carbocycles. The van der Waals surface area contributed by atoms with Crippen molar-refractivity contribution in [3.63, 3.8) is 0 Å². The van der Waals surface area contributed by atoms with E-state index in [4.69, 9.17) is 16.3 Å². The molecule has 1 aliphatic heterocycles. The first kappa shape index (κ1) is 18.7. The smallest absolute Gasteiger partial charge is 0.219 e. The van der Waals surface area contributed by atoms with Crippen LogP contribution in [0, 0.1) is 0 Å². The fourth-order valence-corrected chi connectivity index (χ4v) is 3.64. The number of alkyl halides is 2. The zero-order valence-electron chi connectivity index (χ0n) is 12.6. The fraction of sp³-hybridized carbons (Fsp3) is 0.400. The molecule has 1 aromatic heterocycles. The van der Waals surface area contributed by atoms with Crippen LogP contribution < -0.4 is 0 Å². The molecule has 0 unspecified atom stereocenters. The molecule has 2 aromatic rings. The van der Waals surface area contributed by atoms with Crippen molar-refractivity contribution >= 4 is 44.2 Å². The molecule has 1 aliphatic rings. The van der Waals surface area contributed by atoms with Crippen molar-refractivity contribution in [2.45, 2.75) is 27.6 Å². The van der Waals surface area contributed by atoms with E-state index in [0.29, 0.717) is 10.9 Å². The third-order valence-corrected chi connectivity index (χ3v) is 6.16. The Kier molecular flexibility index (Phi) is 4.50. The van der Waals surface area contributed by atoms with Crippen molar-refractivity contribution in [1.82, 2.24) is 4.98 Å². The lowest BCUT2D eigenvalue weighted by atomic mass is 9.79. The minimum absolute atomic E-state index is 0.163. The Morgan fingerprint density at radius 3 is 2.56 bits per heavy atom. The summed E-state index contributed by atoms with van der Waals surface area (Å²) in [7, 11) is 0. The van der Waals surface area contributed by atoms with Crippen LogP contribution in [0.15, 0.2) is 30.3 Å². The Labute approximate surface area is 154 Å². The highest BCUT2D eigenvalue weighted by Gasteiger charge is 2.73. The summed E-state index contributed by atoms with van der Waals surface area (Å²) >= 11 is 8.75. The molecule has 8 nitrogen and oxygen atoms in total. The lowest BCUT2D eigenvalue weighted by molar-refractivity contribution is -0.328. The van der Waals surface area contributed by atoms with Gasteiger partial charge < -0.3 is 35.3 Å². The monoisotopic (exact) mass is 435 g/mol. The number of hydrogen-bond donors (Lipinski definition) is 6. The number of aliphatic hydroxyl groups excluding tert-OH is 3. The summed E-state index contributed by atoms with van der Waals surface area (Å²) in [5.74, 6) is -1.19. The molecule has 0 radical (unpaired) electrons. The molecule has 25 heavy (non-hydrogen) atoms. The summed E-state index contributed by atoms with van der Waals surface area (Å²) in [4.78, 5) is 15.7. The largest absolute Gasteiger partial charge is 0.392 e. The maximum atomic E-state index is 12.9. The second-order valence-electron chi connectivity index (χ2n) is 5.83. The summed E-state index contributed by atoms with van der Waals surface area (Å²) < 4.78 is 2.55. The molecule has 0 aliphatic carbocycles. The highest BCUT2D eigenvalue weighted by atomic mass is 79.9. The first-order valence-electron chi connectivity index (χ1n) is 7.18. The number of H-pyrrole nitrogens is 1. The number of halogens is 2. The number of aromatic nitrogens is 1. The molecule has 0 bridgehead atoms. The number of carbonyl (C=O) groups is 1. The number of aromatic amines is 1. The predicted molar refractivity (Wildman–Crippen MR) is 90.2 cm³/mol. The van der Waals surface area contributed by atoms with Gasteiger partial charge in [-0.05, 0) is 28.1 Å². The first-order valence-corrected chi connectivity index (χ1v) is 8.35. The topological polar surface area (TPSA) is 143 Å². The molecule has 5 atom stereocenters. The van der Waals surface area contributed by atoms with Gasteiger partial charge in [-0.2, -0.15) is 0 Å². The van der Waals surface area contributed by atoms with Gasteiger partial charge in [0.25, 0.3) is 0 Å². The van der Waals surface area contributed by atoms with Crippen LogP contribution in [0.4, 0.5) is 0 Å². The molecule has 2 heterocycles. The zero-order valence-corrected chi connectivity index (χ0v) is 14.9. The standard InChI is InChI=1S/C15H15BrClNO7/c16-13(6-19)15(17,24)14(23,11(21)12(22)25-13)10(20)9-5-7-3-1-2-4-8(7)18-9/h1-5,11-12,18-19,21-24H,6H2/t11-,12+,13+,14+,15-/m0/s1. The van der Waals surface area contributed by atoms with Gasteiger partial charge in [-0.3, -0.25) is 4.79 Å². The van der Waals surface area contributed by atoms with Crippen molar-refractivity contribution in [1.29, 1.82) is 0 Å². The van der Waals surface area contributed by atoms with Gasteiger partial charge >= 0.3 is 0 Å². The van der Waals surface area contributed by atoms with Gasteiger partial charge in [-0.15, -0.1) is 0 Å². The summed E-state index contributed by atoms with van der Waals surface area (Å²) in [5.41, 5.74) is -2.69. The number of nitrogens with one attached hydrogen (secondary N) is 1. The summed E-state index contributed by atoms with van der Waals surface area (Å²) in [5, 5.41) is 48.5. The van der Waals surface area contributed by atoms with E-state index >= 15 is 0 Å². The average Bonchev–Trinajstić information content (AvgIpc) is 3.02. The van der Waals surface area contributed by atoms with Crippen LogP contribution in [0.5, 0.6) is 0 Å². The highest BCUT2D eigenvalue weighted by Crippen LogP contribution is 2.51. The Morgan fingerprint density at radius 2 is 1.96 bits per heavy atom. The Morgan fingerprint density at radius 1 is 1.32 bits per heavy atom. The molecule has 10 heteroatoms. The maximum Gasteiger partial charge on any atom is 0.219 e. The predicted octanol–water partition coefficient (Wildman–Crippen LogP) is -0.198. The fourth-order valence-electron chi connectivity index (χ4n) is 2.85. The zero-order chi connectivity index (χ0) is 18.6. The summed E-state index contributed by atoms with van der Waals surface area (Å²) in [6, 6.07) is 8.24. The van der Waals surface area contributed by atoms with E-state index in [1.54, 1.807) is 24.3 Å². The first-order chi connectivity index (χ1) is 11.6. The lowest BCUT2D eigenvalue weighted by Gasteiger charge is -2.53. The molecule has 1 saturated heterocycles. The number of ketones is 1. The van der Waals surface area contributed by atoms with Crippen LogP contribution in [0.3, 0.4) is 0 Å². The SMILES string of the molecule is O=C(c1cc2ccccc2[nH]1)[C@@]1(O)[C@@H](O)[C@H](O)O[C@](Br)(CO)[C@@]1(O)Cl. The normalized spacial score (nSPS) is 38.8. The molecule has 0 amide bonds. The summed E-state index contributed by atoms with van der Waals surface area (Å²) in [6.07, 6.45) is -4.39. The van der Waals surface area contributed by atoms with Gasteiger partial charge in [-0.1, -0.05) is 29.8 Å². The van der Waals surface area contributed by atoms with Crippen LogP contribution in [-0.4, -0.2) is 70.5 Å². The van der Waals surface area contributed by atoms with Crippen molar-refractivity contribution < 1.29 is 35.1 Å². The number of aliphatic hydroxyl groups is 5. The Balaban J connectivity index is 2.14. The van der Waals surface area contributed by atoms with E-state index in [9.17, 15) is 30.3 Å². The van der Waals surface area contributed by atoms with Gasteiger partial charge in [0.1, 0.15) is 6.10 Å². The van der Waals surface area contributed by atoms with Gasteiger partial charge in [0.2, 0.25) is 16.4 Å². The molecular formula is C15H15BrClNO7. The maximum absolute atomic E-state index is 12.9. The van der Waals surface area contributed by atoms with Crippen LogP contribution >= 0.6 is 27.5 Å². The van der Waals surface area contributed by atoms with Crippen LogP contribution in [-0.2, 0) is 4.74 Å². The number of Topliss-reactive ketones (excluding diaryl/α,β-unsaturated/α-hetero) is 1. The highest BCUT2D eigenvalue weighted by molar-refractivity contribution is 9.10. The second kappa shape index (κ2) is 6.00. The molecule has 6 N–H and O–H groups in total. The molecule has 3 rings (SSSR count). The van der Waals surface area contributed by atoms with Gasteiger partial charge in [0.05, 0.1) is 12.3 Å². The van der Waals surface area contributed by atoms with E-state index in [2.05, 4.69) is 20.9 Å². The number of para-hydroxylation sites is 1. The number of carbonyl (C=O) groups excluding carboxylic acids is 1. The quantitative estimate of drug-likeness (QED) is 0.289. The van der Waals surface area contributed by atoms with E-state index in [-0.39, 0.29) is 5.69 Å². The van der Waals surface area contributed by atoms with E-state index in [1.165, 1.54) is 6.07 Å². The van der Waals surface area contributed by atoms with Crippen LogP contribution in [0.1, 0.15) is 10.5 Å². The molecule has 0 spiro atoms. The third kappa shape index (κ3) is 2.47. The number of hydrogen-bond acceptors (Lipinski definition) is 7. The van der Waals surface area contributed by atoms with Crippen LogP contribution in [0.25, 0.3) is 10.9 Å². The van der Waals surface area contributed by atoms with Crippen molar-refractivity contribution in [3.05, 3.63) is 36.0 Å². The molecule has 136 valence electrons. The van der Waals surface area contributed by atoms with E-state index < -0.39 is 40.0 Å². The van der Waals surface area contributed by atoms with E-state index in [1.807, 2.05) is 0 Å². The number of rotatable bonds is 3. The van der Waals surface area contributed by atoms with Crippen LogP contribution in [0.2, 0.25) is 0 Å². The minimum Gasteiger partial charge on any atom is -0.392 e. The number of fused-ring (bicyclic) bond motifs is 1. The van der Waals surface area contributed by atoms with Crippen molar-refractivity contribution in [2.75, 3.05) is 6.61 Å². The minimum atomic E-state index is -3.10. The summed E-state index contributed by atoms with van der Waals surface area (Å²) in [6.45, 7) is -1.01. The van der Waals surface area contributed by atoms with Gasteiger partial charge in [-0.25, -0.2) is 0 Å². The lowest BCUT2D eigenvalue weighted by Crippen LogP contribution is -2.78. The number of ether oxygens (including phenoxy) is 1. The Hall–Kier alpha value is -1.04. The van der Waals surface area contributed by atoms with E-state index in [0.717, 1.165) is 0 Å². The number of benzene rings is 1. The van der Waals surface area contributed by atoms with Gasteiger partial charge in [0.15, 0.2) is 10.8 Å². The van der Waals surface area contributed by atoms with Gasteiger partial charge in [0, 0.05) is 10.9 Å². The molecule has 0 saturated carbocycles. The molecular weight excluding hydrogens is 422 g/mol.